The number of nitrogens with one attached hydrogen (secondary N) is 1. The van der Waals surface area contributed by atoms with Crippen molar-refractivity contribution in [1.29, 1.82) is 0 Å². The van der Waals surface area contributed by atoms with Gasteiger partial charge in [-0.15, -0.1) is 11.3 Å². The van der Waals surface area contributed by atoms with Gasteiger partial charge in [0.05, 0.1) is 29.8 Å². The van der Waals surface area contributed by atoms with E-state index in [2.05, 4.69) is 29.0 Å². The Bertz CT molecular complexity index is 1260. The van der Waals surface area contributed by atoms with Crippen LogP contribution in [0.5, 0.6) is 0 Å². The minimum absolute atomic E-state index is 0.0306. The van der Waals surface area contributed by atoms with Gasteiger partial charge in [-0.2, -0.15) is 0 Å². The molecule has 0 fully saturated rings. The maximum Gasteiger partial charge on any atom is 0.339 e. The average molecular weight is 497 g/mol. The fraction of sp³-hybridized carbons (Fsp3) is 0.400. The number of amides is 1. The smallest absolute Gasteiger partial charge is 0.339 e. The molecule has 0 aliphatic carbocycles. The molecular weight excluding hydrogens is 468 g/mol. The van der Waals surface area contributed by atoms with Crippen molar-refractivity contribution in [3.63, 3.8) is 0 Å². The van der Waals surface area contributed by atoms with Crippen LogP contribution in [0, 0.1) is 0 Å². The molecule has 0 radical (unpaired) electrons. The number of hydrogen-bond acceptors (Lipinski definition) is 9. The zero-order valence-corrected chi connectivity index (χ0v) is 20.8. The summed E-state index contributed by atoms with van der Waals surface area (Å²) in [5.74, 6) is -1.44. The van der Waals surface area contributed by atoms with Gasteiger partial charge in [-0.05, 0) is 26.8 Å². The van der Waals surface area contributed by atoms with E-state index in [1.54, 1.807) is 12.3 Å². The number of anilines is 1. The average Bonchev–Trinajstić information content (AvgIpc) is 3.26. The molecule has 0 spiro atoms. The summed E-state index contributed by atoms with van der Waals surface area (Å²) >= 11 is 1.19. The van der Waals surface area contributed by atoms with Gasteiger partial charge in [0.2, 0.25) is 0 Å². The van der Waals surface area contributed by atoms with E-state index in [0.717, 1.165) is 29.7 Å². The van der Waals surface area contributed by atoms with Crippen LogP contribution < -0.4 is 5.32 Å². The summed E-state index contributed by atoms with van der Waals surface area (Å²) in [6.45, 7) is 7.30. The van der Waals surface area contributed by atoms with E-state index in [-0.39, 0.29) is 12.4 Å². The normalized spacial score (nSPS) is 13.5. The zero-order valence-electron chi connectivity index (χ0n) is 20.0. The highest BCUT2D eigenvalue weighted by atomic mass is 32.1. The van der Waals surface area contributed by atoms with Crippen molar-refractivity contribution >= 4 is 45.2 Å². The fourth-order valence-corrected chi connectivity index (χ4v) is 4.78. The summed E-state index contributed by atoms with van der Waals surface area (Å²) in [5, 5.41) is 5.33. The number of thiazole rings is 1. The molecular formula is C25H28N4O5S. The molecule has 1 N–H and O–H groups in total. The third-order valence-electron chi connectivity index (χ3n) is 5.77. The van der Waals surface area contributed by atoms with Gasteiger partial charge in [-0.1, -0.05) is 18.2 Å². The number of nitrogens with zero attached hydrogens (tertiary/aromatic N) is 3. The monoisotopic (exact) mass is 496 g/mol. The Balaban J connectivity index is 1.46. The highest BCUT2D eigenvalue weighted by Gasteiger charge is 2.28. The quantitative estimate of drug-likeness (QED) is 0.473. The van der Waals surface area contributed by atoms with Crippen LogP contribution in [0.25, 0.3) is 10.9 Å². The van der Waals surface area contributed by atoms with E-state index in [1.807, 2.05) is 24.3 Å². The Morgan fingerprint density at radius 2 is 1.97 bits per heavy atom. The molecule has 0 saturated heterocycles. The van der Waals surface area contributed by atoms with E-state index in [0.29, 0.717) is 41.0 Å². The van der Waals surface area contributed by atoms with Gasteiger partial charge in [0, 0.05) is 47.6 Å². The molecule has 2 aromatic heterocycles. The molecule has 35 heavy (non-hydrogen) atoms. The maximum atomic E-state index is 13.2. The molecule has 0 bridgehead atoms. The first kappa shape index (κ1) is 24.7. The predicted octanol–water partition coefficient (Wildman–Crippen LogP) is 3.36. The highest BCUT2D eigenvalue weighted by molar-refractivity contribution is 7.13. The molecule has 4 rings (SSSR count). The summed E-state index contributed by atoms with van der Waals surface area (Å²) in [5.41, 5.74) is 3.46. The van der Waals surface area contributed by atoms with Gasteiger partial charge < -0.3 is 9.47 Å². The number of hydrogen-bond donors (Lipinski definition) is 1. The van der Waals surface area contributed by atoms with Crippen molar-refractivity contribution in [3.8, 4) is 0 Å². The van der Waals surface area contributed by atoms with Gasteiger partial charge in [0.15, 0.2) is 11.7 Å². The number of ether oxygens (including phenoxy) is 2. The largest absolute Gasteiger partial charge is 0.466 e. The zero-order chi connectivity index (χ0) is 24.9. The molecule has 10 heteroatoms. The molecule has 0 unspecified atom stereocenters. The minimum Gasteiger partial charge on any atom is -0.466 e. The Morgan fingerprint density at radius 1 is 1.17 bits per heavy atom. The number of benzene rings is 1. The van der Waals surface area contributed by atoms with E-state index in [9.17, 15) is 14.4 Å². The summed E-state index contributed by atoms with van der Waals surface area (Å²) in [6, 6.07) is 7.81. The highest BCUT2D eigenvalue weighted by Crippen LogP contribution is 2.29. The number of para-hydroxylation sites is 1. The first-order chi connectivity index (χ1) is 16.9. The Kier molecular flexibility index (Phi) is 7.72. The fourth-order valence-electron chi connectivity index (χ4n) is 4.05. The number of fused-ring (bicyclic) bond motifs is 2. The molecule has 1 aromatic carbocycles. The molecule has 3 heterocycles. The number of carbonyl (C=O) groups excluding carboxylic acids is 3. The van der Waals surface area contributed by atoms with E-state index >= 15 is 0 Å². The van der Waals surface area contributed by atoms with Crippen molar-refractivity contribution in [2.24, 2.45) is 0 Å². The van der Waals surface area contributed by atoms with Gasteiger partial charge >= 0.3 is 11.9 Å². The second kappa shape index (κ2) is 10.9. The third-order valence-corrected chi connectivity index (χ3v) is 6.58. The molecule has 184 valence electrons. The first-order valence-corrected chi connectivity index (χ1v) is 12.4. The van der Waals surface area contributed by atoms with Crippen LogP contribution in [0.1, 0.15) is 48.1 Å². The van der Waals surface area contributed by atoms with Crippen LogP contribution in [0.2, 0.25) is 0 Å². The van der Waals surface area contributed by atoms with E-state index in [1.165, 1.54) is 11.3 Å². The first-order valence-electron chi connectivity index (χ1n) is 11.6. The summed E-state index contributed by atoms with van der Waals surface area (Å²) in [6.07, 6.45) is 0.778. The summed E-state index contributed by atoms with van der Waals surface area (Å²) in [7, 11) is 0. The molecule has 0 saturated carbocycles. The Morgan fingerprint density at radius 3 is 2.74 bits per heavy atom. The third kappa shape index (κ3) is 5.83. The molecule has 1 aliphatic rings. The molecule has 0 atom stereocenters. The van der Waals surface area contributed by atoms with Gasteiger partial charge in [-0.3, -0.25) is 24.8 Å². The summed E-state index contributed by atoms with van der Waals surface area (Å²) < 4.78 is 10.3. The summed E-state index contributed by atoms with van der Waals surface area (Å²) in [4.78, 5) is 48.6. The number of esters is 2. The molecule has 9 nitrogen and oxygen atoms in total. The lowest BCUT2D eigenvalue weighted by Gasteiger charge is -2.32. The maximum absolute atomic E-state index is 13.2. The number of aromatic nitrogens is 2. The van der Waals surface area contributed by atoms with Crippen LogP contribution in [0.4, 0.5) is 5.13 Å². The molecule has 1 amide bonds. The standard InChI is InChI=1S/C25H28N4O5S/c1-4-33-22(31)11-16-14-35-25(26-16)28-21(30)13-34-24(32)23-17-7-5-6-8-19(17)27-20-9-10-29(15(2)3)12-18(20)23/h5-8,14-15H,4,9-13H2,1-3H3,(H,26,28,30). The minimum atomic E-state index is -0.553. The van der Waals surface area contributed by atoms with Crippen molar-refractivity contribution in [2.75, 3.05) is 25.1 Å². The SMILES string of the molecule is CCOC(=O)Cc1csc(NC(=O)COC(=O)c2c3c(nc4ccccc24)CCN(C(C)C)C3)n1. The van der Waals surface area contributed by atoms with Crippen molar-refractivity contribution in [1.82, 2.24) is 14.9 Å². The van der Waals surface area contributed by atoms with Crippen LogP contribution in [0.3, 0.4) is 0 Å². The van der Waals surface area contributed by atoms with Crippen LogP contribution in [-0.2, 0) is 38.4 Å². The van der Waals surface area contributed by atoms with Crippen LogP contribution >= 0.6 is 11.3 Å². The number of rotatable bonds is 8. The van der Waals surface area contributed by atoms with Crippen LogP contribution in [0.15, 0.2) is 29.6 Å². The lowest BCUT2D eigenvalue weighted by Crippen LogP contribution is -2.37. The van der Waals surface area contributed by atoms with Gasteiger partial charge in [0.1, 0.15) is 0 Å². The lowest BCUT2D eigenvalue weighted by molar-refractivity contribution is -0.142. The lowest BCUT2D eigenvalue weighted by atomic mass is 9.95. The number of pyridine rings is 1. The predicted molar refractivity (Wildman–Crippen MR) is 132 cm³/mol. The second-order valence-electron chi connectivity index (χ2n) is 8.49. The van der Waals surface area contributed by atoms with E-state index in [4.69, 9.17) is 14.5 Å². The Labute approximate surface area is 207 Å². The van der Waals surface area contributed by atoms with Crippen LogP contribution in [-0.4, -0.2) is 58.5 Å². The Hall–Kier alpha value is -3.37. The van der Waals surface area contributed by atoms with Gasteiger partial charge in [0.25, 0.3) is 5.91 Å². The topological polar surface area (TPSA) is 111 Å². The van der Waals surface area contributed by atoms with E-state index < -0.39 is 18.5 Å². The van der Waals surface area contributed by atoms with Crippen molar-refractivity contribution in [2.45, 2.75) is 46.2 Å². The van der Waals surface area contributed by atoms with Crippen molar-refractivity contribution in [3.05, 3.63) is 52.2 Å². The second-order valence-corrected chi connectivity index (χ2v) is 9.35. The molecule has 1 aliphatic heterocycles. The van der Waals surface area contributed by atoms with Gasteiger partial charge in [-0.25, -0.2) is 9.78 Å². The van der Waals surface area contributed by atoms with Crippen molar-refractivity contribution < 1.29 is 23.9 Å². The number of carbonyl (C=O) groups is 3. The molecule has 3 aromatic rings.